The van der Waals surface area contributed by atoms with Crippen LogP contribution in [-0.2, 0) is 6.54 Å². The van der Waals surface area contributed by atoms with Crippen LogP contribution in [0.4, 0.5) is 0 Å². The van der Waals surface area contributed by atoms with Crippen molar-refractivity contribution in [2.45, 2.75) is 25.5 Å². The normalized spacial score (nSPS) is 21.1. The summed E-state index contributed by atoms with van der Waals surface area (Å²) in [5, 5.41) is 10.9. The first-order valence-electron chi connectivity index (χ1n) is 8.26. The van der Waals surface area contributed by atoms with Gasteiger partial charge < -0.3 is 10.0 Å². The van der Waals surface area contributed by atoms with Gasteiger partial charge in [0.05, 0.1) is 17.0 Å². The number of carbonyl (C=O) groups excluding carboxylic acids is 1. The second-order valence-corrected chi connectivity index (χ2v) is 8.03. The number of benzene rings is 1. The van der Waals surface area contributed by atoms with E-state index in [0.717, 1.165) is 22.8 Å². The largest absolute Gasteiger partial charge is 0.387 e. The molecule has 2 heterocycles. The zero-order valence-corrected chi connectivity index (χ0v) is 15.1. The fourth-order valence-corrected chi connectivity index (χ4v) is 4.16. The summed E-state index contributed by atoms with van der Waals surface area (Å²) in [7, 11) is 1.77. The van der Waals surface area contributed by atoms with Crippen LogP contribution >= 0.6 is 11.3 Å². The van der Waals surface area contributed by atoms with Crippen LogP contribution in [0.1, 0.15) is 26.5 Å². The average Bonchev–Trinajstić information content (AvgIpc) is 3.14. The van der Waals surface area contributed by atoms with Crippen LogP contribution in [-0.4, -0.2) is 53.1 Å². The molecule has 24 heavy (non-hydrogen) atoms. The second-order valence-electron chi connectivity index (χ2n) is 6.74. The monoisotopic (exact) mass is 344 g/mol. The van der Waals surface area contributed by atoms with Gasteiger partial charge in [0, 0.05) is 31.6 Å². The van der Waals surface area contributed by atoms with Crippen molar-refractivity contribution in [3.63, 3.8) is 0 Å². The Labute approximate surface area is 147 Å². The van der Waals surface area contributed by atoms with Crippen molar-refractivity contribution in [2.75, 3.05) is 26.7 Å². The molecule has 0 saturated carbocycles. The Hall–Kier alpha value is -1.69. The molecule has 1 aromatic carbocycles. The Bertz CT molecular complexity index is 700. The summed E-state index contributed by atoms with van der Waals surface area (Å²) in [6, 6.07) is 14.1. The number of amides is 1. The number of β-amino-alcohol motifs (C(OH)–C–C–N with tert-alkyl or cyclic N) is 1. The van der Waals surface area contributed by atoms with Crippen LogP contribution in [0.15, 0.2) is 42.5 Å². The lowest BCUT2D eigenvalue weighted by molar-refractivity contribution is 0.0172. The highest BCUT2D eigenvalue weighted by atomic mass is 32.1. The van der Waals surface area contributed by atoms with Crippen molar-refractivity contribution >= 4 is 17.2 Å². The molecule has 1 aromatic heterocycles. The van der Waals surface area contributed by atoms with E-state index in [1.165, 1.54) is 16.9 Å². The fourth-order valence-electron chi connectivity index (χ4n) is 3.30. The predicted molar refractivity (Wildman–Crippen MR) is 97.3 cm³/mol. The number of nitrogens with zero attached hydrogens (tertiary/aromatic N) is 2. The van der Waals surface area contributed by atoms with Crippen molar-refractivity contribution in [1.29, 1.82) is 0 Å². The molecule has 4 nitrogen and oxygen atoms in total. The van der Waals surface area contributed by atoms with Gasteiger partial charge in [-0.2, -0.15) is 0 Å². The van der Waals surface area contributed by atoms with Crippen molar-refractivity contribution in [3.8, 4) is 0 Å². The lowest BCUT2D eigenvalue weighted by Crippen LogP contribution is -2.45. The third kappa shape index (κ3) is 4.04. The van der Waals surface area contributed by atoms with Gasteiger partial charge in [0.2, 0.25) is 0 Å². The minimum atomic E-state index is -0.828. The summed E-state index contributed by atoms with van der Waals surface area (Å²) < 4.78 is 0. The van der Waals surface area contributed by atoms with E-state index in [4.69, 9.17) is 0 Å². The molecule has 1 amide bonds. The third-order valence-corrected chi connectivity index (χ3v) is 5.48. The first-order valence-corrected chi connectivity index (χ1v) is 9.07. The zero-order valence-electron chi connectivity index (χ0n) is 14.2. The number of likely N-dealkylation sites (N-methyl/N-ethyl adjacent to an activating group) is 1. The van der Waals surface area contributed by atoms with Gasteiger partial charge in [0.15, 0.2) is 0 Å². The number of hydrogen-bond acceptors (Lipinski definition) is 4. The van der Waals surface area contributed by atoms with Gasteiger partial charge in [-0.1, -0.05) is 30.3 Å². The highest BCUT2D eigenvalue weighted by Crippen LogP contribution is 2.25. The van der Waals surface area contributed by atoms with Gasteiger partial charge in [0.1, 0.15) is 0 Å². The first-order chi connectivity index (χ1) is 11.5. The molecule has 1 aliphatic heterocycles. The summed E-state index contributed by atoms with van der Waals surface area (Å²) in [5.74, 6) is -0.0111. The van der Waals surface area contributed by atoms with E-state index in [2.05, 4.69) is 17.0 Å². The SMILES string of the molecule is Cc1ccc(C(=O)N(C)CC2(O)CCN(Cc3ccccc3)C2)s1. The molecule has 3 rings (SSSR count). The van der Waals surface area contributed by atoms with Crippen LogP contribution in [0, 0.1) is 6.92 Å². The molecule has 1 atom stereocenters. The Morgan fingerprint density at radius 3 is 2.71 bits per heavy atom. The summed E-state index contributed by atoms with van der Waals surface area (Å²) in [5.41, 5.74) is 0.422. The van der Waals surface area contributed by atoms with Gasteiger partial charge in [0.25, 0.3) is 5.91 Å². The summed E-state index contributed by atoms with van der Waals surface area (Å²) >= 11 is 1.50. The van der Waals surface area contributed by atoms with Gasteiger partial charge in [-0.15, -0.1) is 11.3 Å². The number of likely N-dealkylation sites (tertiary alicyclic amines) is 1. The number of hydrogen-bond donors (Lipinski definition) is 1. The van der Waals surface area contributed by atoms with E-state index in [0.29, 0.717) is 19.5 Å². The zero-order chi connectivity index (χ0) is 17.2. The van der Waals surface area contributed by atoms with E-state index >= 15 is 0 Å². The van der Waals surface area contributed by atoms with E-state index in [1.807, 2.05) is 37.3 Å². The minimum absolute atomic E-state index is 0.0111. The molecule has 1 saturated heterocycles. The highest BCUT2D eigenvalue weighted by Gasteiger charge is 2.38. The molecule has 1 unspecified atom stereocenters. The smallest absolute Gasteiger partial charge is 0.263 e. The van der Waals surface area contributed by atoms with Crippen molar-refractivity contribution in [2.24, 2.45) is 0 Å². The van der Waals surface area contributed by atoms with E-state index < -0.39 is 5.60 Å². The predicted octanol–water partition coefficient (Wildman–Crippen LogP) is 2.77. The Morgan fingerprint density at radius 2 is 2.04 bits per heavy atom. The van der Waals surface area contributed by atoms with Crippen LogP contribution in [0.3, 0.4) is 0 Å². The number of rotatable bonds is 5. The standard InChI is InChI=1S/C19H24N2O2S/c1-15-8-9-17(24-15)18(22)20(2)13-19(23)10-11-21(14-19)12-16-6-4-3-5-7-16/h3-9,23H,10-14H2,1-2H3. The number of thiophene rings is 1. The molecule has 128 valence electrons. The maximum absolute atomic E-state index is 12.5. The molecule has 0 spiro atoms. The van der Waals surface area contributed by atoms with Gasteiger partial charge in [-0.3, -0.25) is 9.69 Å². The maximum atomic E-state index is 12.5. The highest BCUT2D eigenvalue weighted by molar-refractivity contribution is 7.13. The molecule has 1 fully saturated rings. The maximum Gasteiger partial charge on any atom is 0.263 e. The molecular weight excluding hydrogens is 320 g/mol. The summed E-state index contributed by atoms with van der Waals surface area (Å²) in [4.78, 5) is 18.2. The molecule has 0 aliphatic carbocycles. The fraction of sp³-hybridized carbons (Fsp3) is 0.421. The van der Waals surface area contributed by atoms with Crippen LogP contribution in [0.25, 0.3) is 0 Å². The molecular formula is C19H24N2O2S. The Balaban J connectivity index is 1.57. The molecule has 2 aromatic rings. The van der Waals surface area contributed by atoms with Crippen LogP contribution in [0.2, 0.25) is 0 Å². The topological polar surface area (TPSA) is 43.8 Å². The van der Waals surface area contributed by atoms with Gasteiger partial charge in [-0.05, 0) is 31.0 Å². The quantitative estimate of drug-likeness (QED) is 0.907. The van der Waals surface area contributed by atoms with Crippen molar-refractivity contribution in [1.82, 2.24) is 9.80 Å². The van der Waals surface area contributed by atoms with Crippen molar-refractivity contribution in [3.05, 3.63) is 57.8 Å². The first kappa shape index (κ1) is 17.1. The van der Waals surface area contributed by atoms with Gasteiger partial charge >= 0.3 is 0 Å². The van der Waals surface area contributed by atoms with E-state index in [-0.39, 0.29) is 5.91 Å². The van der Waals surface area contributed by atoms with Gasteiger partial charge in [-0.25, -0.2) is 0 Å². The Kier molecular flexibility index (Phi) is 5.04. The molecule has 5 heteroatoms. The Morgan fingerprint density at radius 1 is 1.29 bits per heavy atom. The lowest BCUT2D eigenvalue weighted by Gasteiger charge is -2.29. The third-order valence-electron chi connectivity index (χ3n) is 4.49. The average molecular weight is 344 g/mol. The van der Waals surface area contributed by atoms with E-state index in [9.17, 15) is 9.90 Å². The summed E-state index contributed by atoms with van der Waals surface area (Å²) in [6.07, 6.45) is 0.695. The van der Waals surface area contributed by atoms with Crippen molar-refractivity contribution < 1.29 is 9.90 Å². The lowest BCUT2D eigenvalue weighted by atomic mass is 10.0. The molecule has 1 N–H and O–H groups in total. The molecule has 1 aliphatic rings. The minimum Gasteiger partial charge on any atom is -0.387 e. The molecule has 0 radical (unpaired) electrons. The van der Waals surface area contributed by atoms with Crippen LogP contribution in [0.5, 0.6) is 0 Å². The van der Waals surface area contributed by atoms with Crippen LogP contribution < -0.4 is 0 Å². The number of aryl methyl sites for hydroxylation is 1. The van der Waals surface area contributed by atoms with E-state index in [1.54, 1.807) is 11.9 Å². The second kappa shape index (κ2) is 7.05. The number of carbonyl (C=O) groups is 1. The molecule has 0 bridgehead atoms. The number of aliphatic hydroxyl groups is 1. The summed E-state index contributed by atoms with van der Waals surface area (Å²) in [6.45, 7) is 4.65.